The Morgan fingerprint density at radius 2 is 1.79 bits per heavy atom. The van der Waals surface area contributed by atoms with Crippen molar-refractivity contribution < 1.29 is 0 Å². The number of nitrogens with zero attached hydrogens (tertiary/aromatic N) is 1. The van der Waals surface area contributed by atoms with Gasteiger partial charge in [-0.1, -0.05) is 41.8 Å². The van der Waals surface area contributed by atoms with E-state index in [1.54, 1.807) is 0 Å². The Morgan fingerprint density at radius 1 is 1.00 bits per heavy atom. The summed E-state index contributed by atoms with van der Waals surface area (Å²) in [5.74, 6) is 0. The number of benzene rings is 2. The highest BCUT2D eigenvalue weighted by molar-refractivity contribution is 9.10. The standard InChI is InChI=1S/C17H22BrN/c1-4-5-6-7-14-10-15-11-16(18)9-8-13(15)12-17(14)19(2)3/h8-12H,4-7H2,1-3H3. The van der Waals surface area contributed by atoms with Gasteiger partial charge in [0.1, 0.15) is 0 Å². The fourth-order valence-electron chi connectivity index (χ4n) is 2.49. The Morgan fingerprint density at radius 3 is 2.47 bits per heavy atom. The molecule has 0 saturated carbocycles. The molecule has 0 aliphatic heterocycles. The second-order valence-electron chi connectivity index (χ2n) is 5.32. The Kier molecular flexibility index (Phi) is 4.87. The molecular weight excluding hydrogens is 298 g/mol. The van der Waals surface area contributed by atoms with Crippen molar-refractivity contribution >= 4 is 32.4 Å². The van der Waals surface area contributed by atoms with E-state index in [4.69, 9.17) is 0 Å². The molecule has 0 unspecified atom stereocenters. The van der Waals surface area contributed by atoms with E-state index in [2.05, 4.69) is 72.2 Å². The van der Waals surface area contributed by atoms with Crippen LogP contribution in [-0.4, -0.2) is 14.1 Å². The van der Waals surface area contributed by atoms with E-state index in [-0.39, 0.29) is 0 Å². The fourth-order valence-corrected chi connectivity index (χ4v) is 2.86. The summed E-state index contributed by atoms with van der Waals surface area (Å²) < 4.78 is 1.15. The summed E-state index contributed by atoms with van der Waals surface area (Å²) in [5.41, 5.74) is 2.81. The minimum absolute atomic E-state index is 1.15. The van der Waals surface area contributed by atoms with Gasteiger partial charge in [-0.05, 0) is 53.4 Å². The third-order valence-corrected chi connectivity index (χ3v) is 4.02. The highest BCUT2D eigenvalue weighted by Gasteiger charge is 2.07. The van der Waals surface area contributed by atoms with Crippen LogP contribution in [0.15, 0.2) is 34.8 Å². The zero-order valence-corrected chi connectivity index (χ0v) is 13.6. The normalized spacial score (nSPS) is 10.9. The van der Waals surface area contributed by atoms with Gasteiger partial charge in [-0.15, -0.1) is 0 Å². The fraction of sp³-hybridized carbons (Fsp3) is 0.412. The van der Waals surface area contributed by atoms with Gasteiger partial charge in [0, 0.05) is 24.3 Å². The first-order valence-corrected chi connectivity index (χ1v) is 7.80. The molecule has 0 radical (unpaired) electrons. The van der Waals surface area contributed by atoms with Gasteiger partial charge in [0.05, 0.1) is 0 Å². The molecule has 0 aromatic heterocycles. The summed E-state index contributed by atoms with van der Waals surface area (Å²) in [5, 5.41) is 2.64. The predicted molar refractivity (Wildman–Crippen MR) is 89.2 cm³/mol. The van der Waals surface area contributed by atoms with Crippen molar-refractivity contribution in [1.29, 1.82) is 0 Å². The van der Waals surface area contributed by atoms with Gasteiger partial charge in [-0.2, -0.15) is 0 Å². The lowest BCUT2D eigenvalue weighted by Crippen LogP contribution is -2.11. The van der Waals surface area contributed by atoms with Crippen molar-refractivity contribution in [1.82, 2.24) is 0 Å². The molecule has 0 bridgehead atoms. The maximum atomic E-state index is 3.56. The van der Waals surface area contributed by atoms with Crippen LogP contribution in [0.25, 0.3) is 10.8 Å². The Hall–Kier alpha value is -1.02. The molecule has 0 aliphatic carbocycles. The van der Waals surface area contributed by atoms with Gasteiger partial charge in [-0.3, -0.25) is 0 Å². The molecule has 2 heteroatoms. The van der Waals surface area contributed by atoms with Crippen LogP contribution in [0.2, 0.25) is 0 Å². The van der Waals surface area contributed by atoms with E-state index in [9.17, 15) is 0 Å². The summed E-state index contributed by atoms with van der Waals surface area (Å²) in [6, 6.07) is 11.2. The van der Waals surface area contributed by atoms with Crippen molar-refractivity contribution in [2.45, 2.75) is 32.6 Å². The molecule has 0 atom stereocenters. The van der Waals surface area contributed by atoms with Crippen molar-refractivity contribution in [3.05, 3.63) is 40.4 Å². The largest absolute Gasteiger partial charge is 0.377 e. The maximum absolute atomic E-state index is 3.56. The van der Waals surface area contributed by atoms with Gasteiger partial charge in [0.2, 0.25) is 0 Å². The van der Waals surface area contributed by atoms with Gasteiger partial charge in [0.25, 0.3) is 0 Å². The first-order chi connectivity index (χ1) is 9.11. The summed E-state index contributed by atoms with van der Waals surface area (Å²) in [6.45, 7) is 2.25. The number of rotatable bonds is 5. The zero-order valence-electron chi connectivity index (χ0n) is 12.0. The summed E-state index contributed by atoms with van der Waals surface area (Å²) in [6.07, 6.45) is 5.03. The highest BCUT2D eigenvalue weighted by atomic mass is 79.9. The predicted octanol–water partition coefficient (Wildman–Crippen LogP) is 5.40. The second-order valence-corrected chi connectivity index (χ2v) is 6.24. The van der Waals surface area contributed by atoms with E-state index in [0.29, 0.717) is 0 Å². The summed E-state index contributed by atoms with van der Waals surface area (Å²) in [4.78, 5) is 2.22. The first kappa shape index (κ1) is 14.4. The number of fused-ring (bicyclic) bond motifs is 1. The first-order valence-electron chi connectivity index (χ1n) is 7.01. The van der Waals surface area contributed by atoms with Crippen LogP contribution in [0.3, 0.4) is 0 Å². The number of aryl methyl sites for hydroxylation is 1. The molecule has 0 spiro atoms. The third-order valence-electron chi connectivity index (χ3n) is 3.53. The number of halogens is 1. The van der Waals surface area contributed by atoms with Crippen LogP contribution in [0, 0.1) is 0 Å². The van der Waals surface area contributed by atoms with Gasteiger partial charge in [-0.25, -0.2) is 0 Å². The molecule has 2 aromatic carbocycles. The molecule has 102 valence electrons. The molecular formula is C17H22BrN. The molecule has 0 fully saturated rings. The molecule has 0 amide bonds. The lowest BCUT2D eigenvalue weighted by Gasteiger charge is -2.19. The lowest BCUT2D eigenvalue weighted by molar-refractivity contribution is 0.717. The van der Waals surface area contributed by atoms with Crippen molar-refractivity contribution in [3.63, 3.8) is 0 Å². The minimum atomic E-state index is 1.15. The third kappa shape index (κ3) is 3.50. The number of hydrogen-bond donors (Lipinski definition) is 0. The second kappa shape index (κ2) is 6.42. The lowest BCUT2D eigenvalue weighted by atomic mass is 10.00. The molecule has 0 saturated heterocycles. The average Bonchev–Trinajstić information content (AvgIpc) is 2.37. The molecule has 1 nitrogen and oxygen atoms in total. The number of anilines is 1. The summed E-state index contributed by atoms with van der Waals surface area (Å²) >= 11 is 3.56. The van der Waals surface area contributed by atoms with Crippen LogP contribution in [0.4, 0.5) is 5.69 Å². The average molecular weight is 320 g/mol. The van der Waals surface area contributed by atoms with Crippen LogP contribution < -0.4 is 4.90 Å². The van der Waals surface area contributed by atoms with E-state index in [0.717, 1.165) is 4.47 Å². The highest BCUT2D eigenvalue weighted by Crippen LogP contribution is 2.29. The monoisotopic (exact) mass is 319 g/mol. The topological polar surface area (TPSA) is 3.24 Å². The molecule has 0 N–H and O–H groups in total. The quantitative estimate of drug-likeness (QED) is 0.667. The number of unbranched alkanes of at least 4 members (excludes halogenated alkanes) is 2. The van der Waals surface area contributed by atoms with Crippen LogP contribution in [0.5, 0.6) is 0 Å². The Labute approximate surface area is 124 Å². The smallest absolute Gasteiger partial charge is 0.0400 e. The van der Waals surface area contributed by atoms with Crippen LogP contribution in [-0.2, 0) is 6.42 Å². The van der Waals surface area contributed by atoms with Gasteiger partial charge in [0.15, 0.2) is 0 Å². The molecule has 2 aromatic rings. The van der Waals surface area contributed by atoms with Crippen molar-refractivity contribution in [2.24, 2.45) is 0 Å². The molecule has 2 rings (SSSR count). The van der Waals surface area contributed by atoms with Crippen molar-refractivity contribution in [3.8, 4) is 0 Å². The van der Waals surface area contributed by atoms with E-state index < -0.39 is 0 Å². The van der Waals surface area contributed by atoms with E-state index in [1.807, 2.05) is 0 Å². The molecule has 0 aliphatic rings. The Bertz CT molecular complexity index is 560. The molecule has 19 heavy (non-hydrogen) atoms. The van der Waals surface area contributed by atoms with Gasteiger partial charge >= 0.3 is 0 Å². The van der Waals surface area contributed by atoms with E-state index in [1.165, 1.54) is 47.7 Å². The Balaban J connectivity index is 2.42. The maximum Gasteiger partial charge on any atom is 0.0400 e. The minimum Gasteiger partial charge on any atom is -0.377 e. The van der Waals surface area contributed by atoms with Crippen LogP contribution in [0.1, 0.15) is 31.7 Å². The molecule has 0 heterocycles. The van der Waals surface area contributed by atoms with E-state index >= 15 is 0 Å². The summed E-state index contributed by atoms with van der Waals surface area (Å²) in [7, 11) is 4.26. The number of hydrogen-bond acceptors (Lipinski definition) is 1. The van der Waals surface area contributed by atoms with Gasteiger partial charge < -0.3 is 4.90 Å². The SMILES string of the molecule is CCCCCc1cc2cc(Br)ccc2cc1N(C)C. The van der Waals surface area contributed by atoms with Crippen molar-refractivity contribution in [2.75, 3.05) is 19.0 Å². The zero-order chi connectivity index (χ0) is 13.8. The van der Waals surface area contributed by atoms with Crippen LogP contribution >= 0.6 is 15.9 Å².